The predicted octanol–water partition coefficient (Wildman–Crippen LogP) is 5.83. The molecule has 2 aromatic carbocycles. The minimum absolute atomic E-state index is 0.0329. The SMILES string of the molecule is C#C.CCCc1c(Cl)c2c(O)c3c(c(O)c2c(=O)n1C)-c1c(c(OC)c2oc4c(c(=O)c2c1O)CCC[C@@H]4C)CC3. The lowest BCUT2D eigenvalue weighted by Gasteiger charge is -2.28. The largest absolute Gasteiger partial charge is 0.507 e. The lowest BCUT2D eigenvalue weighted by Crippen LogP contribution is -2.22. The number of phenolic OH excluding ortho intramolecular Hbond substituents is 3. The van der Waals surface area contributed by atoms with Crippen LogP contribution in [0.3, 0.4) is 0 Å². The van der Waals surface area contributed by atoms with Crippen LogP contribution in [0.4, 0.5) is 0 Å². The Kier molecular flexibility index (Phi) is 7.20. The number of ether oxygens (including phenoxy) is 1. The van der Waals surface area contributed by atoms with Gasteiger partial charge in [-0.15, -0.1) is 12.8 Å². The van der Waals surface area contributed by atoms with E-state index in [4.69, 9.17) is 20.8 Å². The summed E-state index contributed by atoms with van der Waals surface area (Å²) in [6, 6.07) is 0. The molecule has 0 saturated carbocycles. The number of rotatable bonds is 3. The molecule has 2 aromatic heterocycles. The molecule has 0 fully saturated rings. The van der Waals surface area contributed by atoms with Crippen molar-refractivity contribution in [1.29, 1.82) is 0 Å². The first kappa shape index (κ1) is 28.4. The third-order valence-electron chi connectivity index (χ3n) is 8.52. The number of phenols is 3. The Morgan fingerprint density at radius 3 is 2.27 bits per heavy atom. The molecule has 2 aliphatic carbocycles. The summed E-state index contributed by atoms with van der Waals surface area (Å²) in [5, 5.41) is 34.9. The Bertz CT molecular complexity index is 1900. The molecule has 1 atom stereocenters. The molecule has 0 amide bonds. The summed E-state index contributed by atoms with van der Waals surface area (Å²) in [5.41, 5.74) is 1.54. The van der Waals surface area contributed by atoms with Gasteiger partial charge in [0.15, 0.2) is 16.8 Å². The lowest BCUT2D eigenvalue weighted by molar-refractivity contribution is 0.386. The van der Waals surface area contributed by atoms with Gasteiger partial charge in [-0.2, -0.15) is 0 Å². The summed E-state index contributed by atoms with van der Waals surface area (Å²) in [5.74, 6) is -0.0221. The molecular weight excluding hydrogens is 546 g/mol. The number of aromatic hydroxyl groups is 3. The van der Waals surface area contributed by atoms with Crippen LogP contribution in [0.25, 0.3) is 32.9 Å². The topological polar surface area (TPSA) is 122 Å². The van der Waals surface area contributed by atoms with E-state index in [0.717, 1.165) is 19.3 Å². The van der Waals surface area contributed by atoms with Crippen LogP contribution in [-0.4, -0.2) is 27.0 Å². The Balaban J connectivity index is 0.00000165. The molecule has 8 nitrogen and oxygen atoms in total. The maximum Gasteiger partial charge on any atom is 0.262 e. The zero-order chi connectivity index (χ0) is 29.9. The summed E-state index contributed by atoms with van der Waals surface area (Å²) in [6.45, 7) is 3.97. The second-order valence-corrected chi connectivity index (χ2v) is 11.1. The summed E-state index contributed by atoms with van der Waals surface area (Å²) < 4.78 is 13.4. The van der Waals surface area contributed by atoms with E-state index < -0.39 is 11.3 Å². The van der Waals surface area contributed by atoms with Gasteiger partial charge in [0.05, 0.1) is 22.9 Å². The zero-order valence-corrected chi connectivity index (χ0v) is 24.2. The summed E-state index contributed by atoms with van der Waals surface area (Å²) in [6.07, 6.45) is 12.1. The van der Waals surface area contributed by atoms with Crippen molar-refractivity contribution >= 4 is 33.3 Å². The molecule has 2 heterocycles. The molecule has 214 valence electrons. The standard InChI is InChI=1S/C30H30ClNO7.C2H2/c1-5-7-16-22(31)19-20(30(37)32(16)3)25(35)17-13(23(19)33)10-11-14-18(17)26(36)21-24(34)15-9-6-8-12(2)27(15)39-29(21)28(14)38-4;1-2/h12,33,35-36H,5-11H2,1-4H3;1-2H/t12-;/m0./s1. The fourth-order valence-electron chi connectivity index (χ4n) is 6.61. The monoisotopic (exact) mass is 577 g/mol. The van der Waals surface area contributed by atoms with Gasteiger partial charge in [0.25, 0.3) is 5.56 Å². The van der Waals surface area contributed by atoms with Crippen LogP contribution >= 0.6 is 11.6 Å². The minimum Gasteiger partial charge on any atom is -0.507 e. The van der Waals surface area contributed by atoms with Gasteiger partial charge in [-0.3, -0.25) is 9.59 Å². The van der Waals surface area contributed by atoms with E-state index in [0.29, 0.717) is 53.2 Å². The minimum atomic E-state index is -0.518. The number of benzene rings is 2. The van der Waals surface area contributed by atoms with Crippen LogP contribution < -0.4 is 15.7 Å². The van der Waals surface area contributed by atoms with Crippen molar-refractivity contribution in [2.24, 2.45) is 7.05 Å². The van der Waals surface area contributed by atoms with E-state index in [1.54, 1.807) is 7.05 Å². The van der Waals surface area contributed by atoms with Crippen molar-refractivity contribution in [3.63, 3.8) is 0 Å². The molecule has 0 bridgehead atoms. The molecule has 6 rings (SSSR count). The van der Waals surface area contributed by atoms with Gasteiger partial charge in [0, 0.05) is 46.5 Å². The van der Waals surface area contributed by atoms with Gasteiger partial charge in [-0.25, -0.2) is 0 Å². The number of halogens is 1. The first-order valence-corrected chi connectivity index (χ1v) is 14.0. The van der Waals surface area contributed by atoms with Gasteiger partial charge in [0.2, 0.25) is 0 Å². The number of methoxy groups -OCH3 is 1. The first-order chi connectivity index (χ1) is 19.6. The predicted molar refractivity (Wildman–Crippen MR) is 160 cm³/mol. The van der Waals surface area contributed by atoms with Crippen LogP contribution in [0, 0.1) is 12.8 Å². The maximum absolute atomic E-state index is 13.8. The smallest absolute Gasteiger partial charge is 0.262 e. The van der Waals surface area contributed by atoms with Gasteiger partial charge >= 0.3 is 0 Å². The van der Waals surface area contributed by atoms with Crippen molar-refractivity contribution in [1.82, 2.24) is 4.57 Å². The number of hydrogen-bond donors (Lipinski definition) is 3. The highest BCUT2D eigenvalue weighted by molar-refractivity contribution is 6.37. The highest BCUT2D eigenvalue weighted by Crippen LogP contribution is 2.56. The van der Waals surface area contributed by atoms with E-state index in [-0.39, 0.29) is 67.2 Å². The van der Waals surface area contributed by atoms with Crippen LogP contribution in [0.2, 0.25) is 5.02 Å². The van der Waals surface area contributed by atoms with Crippen molar-refractivity contribution in [2.75, 3.05) is 7.11 Å². The Labute approximate surface area is 241 Å². The van der Waals surface area contributed by atoms with Crippen molar-refractivity contribution in [3.8, 4) is 47.0 Å². The summed E-state index contributed by atoms with van der Waals surface area (Å²) >= 11 is 6.72. The quantitative estimate of drug-likeness (QED) is 0.207. The molecule has 41 heavy (non-hydrogen) atoms. The van der Waals surface area contributed by atoms with Gasteiger partial charge < -0.3 is 29.0 Å². The second kappa shape index (κ2) is 10.4. The average molecular weight is 578 g/mol. The number of nitrogens with zero attached hydrogens (tertiary/aromatic N) is 1. The molecule has 0 radical (unpaired) electrons. The molecule has 9 heteroatoms. The highest BCUT2D eigenvalue weighted by Gasteiger charge is 2.36. The van der Waals surface area contributed by atoms with Crippen LogP contribution in [0.15, 0.2) is 14.0 Å². The normalized spacial score (nSPS) is 15.5. The second-order valence-electron chi connectivity index (χ2n) is 10.7. The zero-order valence-electron chi connectivity index (χ0n) is 23.5. The summed E-state index contributed by atoms with van der Waals surface area (Å²) in [4.78, 5) is 27.2. The maximum atomic E-state index is 13.8. The van der Waals surface area contributed by atoms with Crippen molar-refractivity contribution < 1.29 is 24.5 Å². The molecular formula is C32H32ClNO7. The molecule has 3 N–H and O–H groups in total. The van der Waals surface area contributed by atoms with E-state index in [2.05, 4.69) is 12.8 Å². The lowest BCUT2D eigenvalue weighted by atomic mass is 9.80. The molecule has 2 aliphatic rings. The number of fused-ring (bicyclic) bond motifs is 6. The van der Waals surface area contributed by atoms with Crippen LogP contribution in [0.5, 0.6) is 23.0 Å². The van der Waals surface area contributed by atoms with Crippen molar-refractivity contribution in [3.05, 3.63) is 53.7 Å². The fourth-order valence-corrected chi connectivity index (χ4v) is 7.02. The molecule has 0 saturated heterocycles. The average Bonchev–Trinajstić information content (AvgIpc) is 2.97. The number of terminal acetylenes is 1. The Morgan fingerprint density at radius 1 is 0.976 bits per heavy atom. The molecule has 0 aliphatic heterocycles. The fraction of sp³-hybridized carbons (Fsp3) is 0.375. The van der Waals surface area contributed by atoms with Gasteiger partial charge in [-0.05, 0) is 38.5 Å². The van der Waals surface area contributed by atoms with Crippen molar-refractivity contribution in [2.45, 2.75) is 64.7 Å². The third kappa shape index (κ3) is 3.82. The number of pyridine rings is 1. The van der Waals surface area contributed by atoms with E-state index >= 15 is 0 Å². The highest BCUT2D eigenvalue weighted by atomic mass is 35.5. The number of hydrogen-bond acceptors (Lipinski definition) is 7. The van der Waals surface area contributed by atoms with E-state index in [9.17, 15) is 24.9 Å². The Morgan fingerprint density at radius 2 is 1.61 bits per heavy atom. The Hall–Kier alpha value is -4.09. The first-order valence-electron chi connectivity index (χ1n) is 13.7. The van der Waals surface area contributed by atoms with E-state index in [1.807, 2.05) is 13.8 Å². The molecule has 4 aromatic rings. The molecule has 0 unspecified atom stereocenters. The molecule has 0 spiro atoms. The number of aromatic nitrogens is 1. The van der Waals surface area contributed by atoms with Gasteiger partial charge in [-0.1, -0.05) is 31.9 Å². The van der Waals surface area contributed by atoms with Gasteiger partial charge in [0.1, 0.15) is 28.4 Å². The van der Waals surface area contributed by atoms with Crippen LogP contribution in [-0.2, 0) is 32.7 Å². The third-order valence-corrected chi connectivity index (χ3v) is 8.92. The van der Waals surface area contributed by atoms with E-state index in [1.165, 1.54) is 11.7 Å². The summed E-state index contributed by atoms with van der Waals surface area (Å²) in [7, 11) is 3.04. The van der Waals surface area contributed by atoms with Crippen LogP contribution in [0.1, 0.15) is 67.2 Å².